The average molecular weight is 406 g/mol. The second kappa shape index (κ2) is 8.49. The number of aryl methyl sites for hydroxylation is 1. The highest BCUT2D eigenvalue weighted by atomic mass is 16.5. The number of anilines is 1. The first-order valence-electron chi connectivity index (χ1n) is 10.5. The first kappa shape index (κ1) is 19.1. The highest BCUT2D eigenvalue weighted by molar-refractivity contribution is 5.86. The van der Waals surface area contributed by atoms with E-state index in [0.29, 0.717) is 12.5 Å². The van der Waals surface area contributed by atoms with E-state index >= 15 is 0 Å². The summed E-state index contributed by atoms with van der Waals surface area (Å²) in [6.45, 7) is 8.10. The van der Waals surface area contributed by atoms with Crippen LogP contribution in [0, 0.1) is 6.92 Å². The minimum absolute atomic E-state index is 0.0701. The van der Waals surface area contributed by atoms with Gasteiger partial charge in [0.1, 0.15) is 18.3 Å². The van der Waals surface area contributed by atoms with Gasteiger partial charge in [0.2, 0.25) is 5.88 Å². The van der Waals surface area contributed by atoms with E-state index in [9.17, 15) is 0 Å². The van der Waals surface area contributed by atoms with Gasteiger partial charge in [-0.2, -0.15) is 0 Å². The van der Waals surface area contributed by atoms with Crippen molar-refractivity contribution >= 4 is 16.6 Å². The Bertz CT molecular complexity index is 1020. The number of hydrogen-bond acceptors (Lipinski definition) is 8. The fourth-order valence-corrected chi connectivity index (χ4v) is 4.06. The van der Waals surface area contributed by atoms with E-state index < -0.39 is 0 Å². The predicted octanol–water partition coefficient (Wildman–Crippen LogP) is 2.22. The first-order chi connectivity index (χ1) is 14.7. The molecule has 3 aromatic rings. The molecule has 0 bridgehead atoms. The lowest BCUT2D eigenvalue weighted by Gasteiger charge is -2.36. The molecule has 1 atom stereocenters. The maximum absolute atomic E-state index is 6.11. The number of aromatic nitrogens is 4. The minimum atomic E-state index is 0.0701. The Morgan fingerprint density at radius 2 is 2.00 bits per heavy atom. The van der Waals surface area contributed by atoms with Crippen LogP contribution in [0.5, 0.6) is 5.88 Å². The molecule has 8 heteroatoms. The average Bonchev–Trinajstić information content (AvgIpc) is 3.28. The van der Waals surface area contributed by atoms with E-state index in [4.69, 9.17) is 9.47 Å². The van der Waals surface area contributed by atoms with Gasteiger partial charge < -0.3 is 14.4 Å². The molecule has 2 saturated heterocycles. The number of nitrogens with zero attached hydrogens (tertiary/aromatic N) is 6. The van der Waals surface area contributed by atoms with Gasteiger partial charge in [-0.1, -0.05) is 0 Å². The number of rotatable bonds is 5. The molecule has 2 aromatic heterocycles. The monoisotopic (exact) mass is 406 g/mol. The van der Waals surface area contributed by atoms with Crippen LogP contribution in [0.25, 0.3) is 10.9 Å². The summed E-state index contributed by atoms with van der Waals surface area (Å²) in [6.07, 6.45) is 4.38. The Morgan fingerprint density at radius 1 is 1.10 bits per heavy atom. The van der Waals surface area contributed by atoms with Crippen molar-refractivity contribution in [2.24, 2.45) is 0 Å². The van der Waals surface area contributed by atoms with Crippen LogP contribution in [0.2, 0.25) is 0 Å². The Labute approximate surface area is 175 Å². The van der Waals surface area contributed by atoms with Crippen molar-refractivity contribution in [3.05, 3.63) is 48.3 Å². The third-order valence-corrected chi connectivity index (χ3v) is 5.71. The number of benzene rings is 1. The van der Waals surface area contributed by atoms with Crippen molar-refractivity contribution in [1.29, 1.82) is 0 Å². The Balaban J connectivity index is 1.28. The largest absolute Gasteiger partial charge is 0.471 e. The zero-order valence-corrected chi connectivity index (χ0v) is 17.2. The number of ether oxygens (including phenoxy) is 2. The van der Waals surface area contributed by atoms with E-state index in [0.717, 1.165) is 68.2 Å². The van der Waals surface area contributed by atoms with Crippen molar-refractivity contribution in [1.82, 2.24) is 24.8 Å². The molecule has 156 valence electrons. The van der Waals surface area contributed by atoms with Gasteiger partial charge in [0.05, 0.1) is 29.8 Å². The number of hydrogen-bond donors (Lipinski definition) is 0. The minimum Gasteiger partial charge on any atom is -0.471 e. The van der Waals surface area contributed by atoms with E-state index in [1.807, 2.05) is 19.2 Å². The second-order valence-corrected chi connectivity index (χ2v) is 7.84. The highest BCUT2D eigenvalue weighted by Crippen LogP contribution is 2.29. The summed E-state index contributed by atoms with van der Waals surface area (Å²) in [4.78, 5) is 22.4. The maximum Gasteiger partial charge on any atom is 0.224 e. The van der Waals surface area contributed by atoms with Gasteiger partial charge in [-0.3, -0.25) is 4.90 Å². The molecule has 1 aromatic carbocycles. The van der Waals surface area contributed by atoms with Crippen molar-refractivity contribution in [3.8, 4) is 5.88 Å². The summed E-state index contributed by atoms with van der Waals surface area (Å²) >= 11 is 0. The molecule has 5 rings (SSSR count). The van der Waals surface area contributed by atoms with E-state index in [2.05, 4.69) is 47.9 Å². The molecular formula is C22H26N6O2. The summed E-state index contributed by atoms with van der Waals surface area (Å²) in [7, 11) is 0. The predicted molar refractivity (Wildman–Crippen MR) is 114 cm³/mol. The third-order valence-electron chi connectivity index (χ3n) is 5.71. The summed E-state index contributed by atoms with van der Waals surface area (Å²) < 4.78 is 11.5. The van der Waals surface area contributed by atoms with E-state index in [-0.39, 0.29) is 6.10 Å². The zero-order chi connectivity index (χ0) is 20.3. The molecular weight excluding hydrogens is 380 g/mol. The molecule has 0 aliphatic carbocycles. The Hall–Kier alpha value is -2.84. The van der Waals surface area contributed by atoms with Gasteiger partial charge in [-0.15, -0.1) is 0 Å². The van der Waals surface area contributed by atoms with Gasteiger partial charge in [0.25, 0.3) is 0 Å². The summed E-state index contributed by atoms with van der Waals surface area (Å²) in [5, 5.41) is 0.959. The summed E-state index contributed by atoms with van der Waals surface area (Å²) in [5.74, 6) is 1.47. The number of fused-ring (bicyclic) bond motifs is 1. The second-order valence-electron chi connectivity index (χ2n) is 7.84. The fraction of sp³-hybridized carbons (Fsp3) is 0.455. The lowest BCUT2D eigenvalue weighted by atomic mass is 10.1. The van der Waals surface area contributed by atoms with Crippen LogP contribution < -0.4 is 9.64 Å². The standard InChI is InChI=1S/C22H26N6O2/c1-16-23-6-4-17(26-16)13-27-7-9-28(10-8-27)18-2-3-21-20(12-18)22(25-15-24-21)30-19-5-11-29-14-19/h2-4,6,12,15,19H,5,7-11,13-14H2,1H3. The highest BCUT2D eigenvalue weighted by Gasteiger charge is 2.21. The normalized spacial score (nSPS) is 20.0. The smallest absolute Gasteiger partial charge is 0.224 e. The van der Waals surface area contributed by atoms with Gasteiger partial charge in [-0.25, -0.2) is 19.9 Å². The van der Waals surface area contributed by atoms with Crippen LogP contribution >= 0.6 is 0 Å². The van der Waals surface area contributed by atoms with Crippen LogP contribution in [0.4, 0.5) is 5.69 Å². The lowest BCUT2D eigenvalue weighted by Crippen LogP contribution is -2.46. The van der Waals surface area contributed by atoms with Crippen LogP contribution in [0.1, 0.15) is 17.9 Å². The molecule has 2 aliphatic heterocycles. The molecule has 4 heterocycles. The fourth-order valence-electron chi connectivity index (χ4n) is 4.06. The van der Waals surface area contributed by atoms with Crippen molar-refractivity contribution in [2.75, 3.05) is 44.3 Å². The molecule has 0 amide bonds. The van der Waals surface area contributed by atoms with Gasteiger partial charge in [-0.05, 0) is 31.2 Å². The molecule has 0 N–H and O–H groups in total. The summed E-state index contributed by atoms with van der Waals surface area (Å²) in [5.41, 5.74) is 3.17. The number of piperazine rings is 1. The van der Waals surface area contributed by atoms with Crippen LogP contribution in [0.3, 0.4) is 0 Å². The van der Waals surface area contributed by atoms with Crippen molar-refractivity contribution < 1.29 is 9.47 Å². The Kier molecular flexibility index (Phi) is 5.42. The van der Waals surface area contributed by atoms with Crippen molar-refractivity contribution in [2.45, 2.75) is 26.0 Å². The van der Waals surface area contributed by atoms with Crippen LogP contribution in [-0.2, 0) is 11.3 Å². The van der Waals surface area contributed by atoms with E-state index in [1.54, 1.807) is 6.33 Å². The van der Waals surface area contributed by atoms with E-state index in [1.165, 1.54) is 5.69 Å². The molecule has 30 heavy (non-hydrogen) atoms. The van der Waals surface area contributed by atoms with Gasteiger partial charge >= 0.3 is 0 Å². The van der Waals surface area contributed by atoms with Crippen molar-refractivity contribution in [3.63, 3.8) is 0 Å². The Morgan fingerprint density at radius 3 is 2.80 bits per heavy atom. The first-order valence-corrected chi connectivity index (χ1v) is 10.5. The zero-order valence-electron chi connectivity index (χ0n) is 17.2. The topological polar surface area (TPSA) is 76.5 Å². The maximum atomic E-state index is 6.11. The molecule has 0 spiro atoms. The molecule has 2 aliphatic rings. The molecule has 1 unspecified atom stereocenters. The van der Waals surface area contributed by atoms with Crippen LogP contribution in [-0.4, -0.2) is 70.3 Å². The SMILES string of the molecule is Cc1nccc(CN2CCN(c3ccc4ncnc(OC5CCOC5)c4c3)CC2)n1. The quantitative estimate of drug-likeness (QED) is 0.638. The third kappa shape index (κ3) is 4.20. The lowest BCUT2D eigenvalue weighted by molar-refractivity contribution is 0.139. The summed E-state index contributed by atoms with van der Waals surface area (Å²) in [6, 6.07) is 8.35. The molecule has 0 radical (unpaired) electrons. The van der Waals surface area contributed by atoms with Gasteiger partial charge in [0.15, 0.2) is 0 Å². The molecule has 8 nitrogen and oxygen atoms in total. The van der Waals surface area contributed by atoms with Crippen LogP contribution in [0.15, 0.2) is 36.8 Å². The molecule has 2 fully saturated rings. The molecule has 0 saturated carbocycles. The van der Waals surface area contributed by atoms with Gasteiger partial charge in [0, 0.05) is 51.0 Å².